The van der Waals surface area contributed by atoms with E-state index in [0.29, 0.717) is 15.8 Å². The van der Waals surface area contributed by atoms with Crippen LogP contribution in [0.2, 0.25) is 5.15 Å². The zero-order valence-corrected chi connectivity index (χ0v) is 9.98. The third-order valence-corrected chi connectivity index (χ3v) is 2.99. The van der Waals surface area contributed by atoms with Crippen LogP contribution in [0, 0.1) is 0 Å². The number of hydrogen-bond acceptors (Lipinski definition) is 3. The molecule has 3 nitrogen and oxygen atoms in total. The van der Waals surface area contributed by atoms with Gasteiger partial charge in [0.25, 0.3) is 0 Å². The van der Waals surface area contributed by atoms with E-state index >= 15 is 0 Å². The third kappa shape index (κ3) is 2.43. The fourth-order valence-electron chi connectivity index (χ4n) is 1.73. The number of rotatable bonds is 1. The minimum absolute atomic E-state index is 0.514. The van der Waals surface area contributed by atoms with Crippen molar-refractivity contribution >= 4 is 27.5 Å². The van der Waals surface area contributed by atoms with E-state index in [2.05, 4.69) is 31.2 Å². The molecule has 0 bridgehead atoms. The zero-order valence-electron chi connectivity index (χ0n) is 7.63. The summed E-state index contributed by atoms with van der Waals surface area (Å²) in [6.07, 6.45) is 2.25. The summed E-state index contributed by atoms with van der Waals surface area (Å²) >= 11 is 9.13. The van der Waals surface area contributed by atoms with E-state index in [4.69, 9.17) is 11.6 Å². The maximum absolute atomic E-state index is 5.87. The Labute approximate surface area is 96.4 Å². The molecule has 0 aliphatic carbocycles. The molecule has 1 aromatic heterocycles. The van der Waals surface area contributed by atoms with Crippen molar-refractivity contribution < 1.29 is 0 Å². The predicted molar refractivity (Wildman–Crippen MR) is 59.6 cm³/mol. The molecule has 0 unspecified atom stereocenters. The number of halogens is 2. The van der Waals surface area contributed by atoms with Crippen LogP contribution < -0.4 is 5.32 Å². The normalized spacial score (nSPS) is 18.4. The topological polar surface area (TPSA) is 37.8 Å². The third-order valence-electron chi connectivity index (χ3n) is 2.44. The van der Waals surface area contributed by atoms with Crippen LogP contribution in [-0.2, 0) is 0 Å². The molecule has 1 aliphatic heterocycles. The molecule has 2 heterocycles. The first-order valence-corrected chi connectivity index (χ1v) is 5.83. The first kappa shape index (κ1) is 10.3. The predicted octanol–water partition coefficient (Wildman–Crippen LogP) is 2.36. The van der Waals surface area contributed by atoms with Gasteiger partial charge in [0.15, 0.2) is 4.73 Å². The largest absolute Gasteiger partial charge is 0.317 e. The first-order valence-electron chi connectivity index (χ1n) is 4.66. The number of hydrogen-bond donors (Lipinski definition) is 1. The molecular formula is C9H11BrClN3. The highest BCUT2D eigenvalue weighted by atomic mass is 79.9. The van der Waals surface area contributed by atoms with Gasteiger partial charge in [0, 0.05) is 11.6 Å². The van der Waals surface area contributed by atoms with E-state index < -0.39 is 0 Å². The molecule has 1 aliphatic rings. The van der Waals surface area contributed by atoms with E-state index in [1.807, 2.05) is 6.07 Å². The van der Waals surface area contributed by atoms with Crippen LogP contribution in [0.25, 0.3) is 0 Å². The van der Waals surface area contributed by atoms with Gasteiger partial charge in [-0.3, -0.25) is 0 Å². The highest BCUT2D eigenvalue weighted by molar-refractivity contribution is 9.10. The number of aromatic nitrogens is 2. The summed E-state index contributed by atoms with van der Waals surface area (Å²) in [6.45, 7) is 2.12. The smallest absolute Gasteiger partial charge is 0.198 e. The molecule has 0 amide bonds. The Morgan fingerprint density at radius 3 is 2.71 bits per heavy atom. The molecule has 2 rings (SSSR count). The van der Waals surface area contributed by atoms with Crippen molar-refractivity contribution in [2.24, 2.45) is 0 Å². The first-order chi connectivity index (χ1) is 6.75. The molecule has 0 aromatic carbocycles. The van der Waals surface area contributed by atoms with Crippen LogP contribution in [0.3, 0.4) is 0 Å². The summed E-state index contributed by atoms with van der Waals surface area (Å²) in [5.41, 5.74) is 1.05. The minimum atomic E-state index is 0.514. The maximum Gasteiger partial charge on any atom is 0.198 e. The van der Waals surface area contributed by atoms with Gasteiger partial charge in [-0.2, -0.15) is 0 Å². The van der Waals surface area contributed by atoms with Gasteiger partial charge in [0.05, 0.1) is 0 Å². The molecule has 1 N–H and O–H groups in total. The monoisotopic (exact) mass is 275 g/mol. The molecular weight excluding hydrogens is 265 g/mol. The Morgan fingerprint density at radius 2 is 2.07 bits per heavy atom. The van der Waals surface area contributed by atoms with Crippen molar-refractivity contribution in [3.8, 4) is 0 Å². The van der Waals surface area contributed by atoms with Gasteiger partial charge in [0.2, 0.25) is 0 Å². The van der Waals surface area contributed by atoms with Gasteiger partial charge in [-0.15, -0.1) is 0 Å². The minimum Gasteiger partial charge on any atom is -0.317 e. The van der Waals surface area contributed by atoms with Crippen molar-refractivity contribution in [2.45, 2.75) is 18.8 Å². The standard InChI is InChI=1S/C9H11BrClN3/c10-9-13-7(5-8(11)14-9)6-1-3-12-4-2-6/h5-6,12H,1-4H2. The molecule has 5 heteroatoms. The lowest BCUT2D eigenvalue weighted by atomic mass is 9.94. The van der Waals surface area contributed by atoms with Crippen molar-refractivity contribution in [1.82, 2.24) is 15.3 Å². The van der Waals surface area contributed by atoms with E-state index in [1.54, 1.807) is 0 Å². The summed E-state index contributed by atoms with van der Waals surface area (Å²) in [4.78, 5) is 8.34. The van der Waals surface area contributed by atoms with Crippen LogP contribution in [0.1, 0.15) is 24.5 Å². The van der Waals surface area contributed by atoms with Gasteiger partial charge in [0.1, 0.15) is 5.15 Å². The lowest BCUT2D eigenvalue weighted by molar-refractivity contribution is 0.452. The fraction of sp³-hybridized carbons (Fsp3) is 0.556. The summed E-state index contributed by atoms with van der Waals surface area (Å²) in [7, 11) is 0. The molecule has 0 radical (unpaired) electrons. The van der Waals surface area contributed by atoms with E-state index in [0.717, 1.165) is 31.6 Å². The van der Waals surface area contributed by atoms with E-state index in [1.165, 1.54) is 0 Å². The molecule has 0 saturated carbocycles. The summed E-state index contributed by atoms with van der Waals surface area (Å²) in [5.74, 6) is 0.521. The SMILES string of the molecule is Clc1cc(C2CCNCC2)nc(Br)n1. The van der Waals surface area contributed by atoms with Crippen molar-refractivity contribution in [1.29, 1.82) is 0 Å². The summed E-state index contributed by atoms with van der Waals surface area (Å²) in [6, 6.07) is 1.86. The molecule has 0 atom stereocenters. The van der Waals surface area contributed by atoms with Crippen LogP contribution in [0.5, 0.6) is 0 Å². The molecule has 14 heavy (non-hydrogen) atoms. The second-order valence-corrected chi connectivity index (χ2v) is 4.51. The highest BCUT2D eigenvalue weighted by Crippen LogP contribution is 2.25. The van der Waals surface area contributed by atoms with Gasteiger partial charge < -0.3 is 5.32 Å². The Kier molecular flexibility index (Phi) is 3.36. The van der Waals surface area contributed by atoms with Gasteiger partial charge in [-0.25, -0.2) is 9.97 Å². The summed E-state index contributed by atoms with van der Waals surface area (Å²) < 4.78 is 0.582. The van der Waals surface area contributed by atoms with Gasteiger partial charge >= 0.3 is 0 Å². The van der Waals surface area contributed by atoms with Crippen molar-refractivity contribution in [3.05, 3.63) is 21.6 Å². The lowest BCUT2D eigenvalue weighted by Crippen LogP contribution is -2.27. The molecule has 0 spiro atoms. The number of piperidine rings is 1. The van der Waals surface area contributed by atoms with Crippen LogP contribution >= 0.6 is 27.5 Å². The molecule has 1 saturated heterocycles. The van der Waals surface area contributed by atoms with Gasteiger partial charge in [-0.05, 0) is 47.9 Å². The average molecular weight is 277 g/mol. The fourth-order valence-corrected chi connectivity index (χ4v) is 2.42. The zero-order chi connectivity index (χ0) is 9.97. The van der Waals surface area contributed by atoms with Crippen LogP contribution in [0.15, 0.2) is 10.8 Å². The average Bonchev–Trinajstić information content (AvgIpc) is 2.18. The number of nitrogens with zero attached hydrogens (tertiary/aromatic N) is 2. The second kappa shape index (κ2) is 4.55. The Hall–Kier alpha value is -0.190. The van der Waals surface area contributed by atoms with E-state index in [9.17, 15) is 0 Å². The maximum atomic E-state index is 5.87. The Bertz CT molecular complexity index is 306. The summed E-state index contributed by atoms with van der Waals surface area (Å²) in [5, 5.41) is 3.84. The Balaban J connectivity index is 2.21. The lowest BCUT2D eigenvalue weighted by Gasteiger charge is -2.22. The Morgan fingerprint density at radius 1 is 1.36 bits per heavy atom. The molecule has 1 fully saturated rings. The second-order valence-electron chi connectivity index (χ2n) is 3.41. The quantitative estimate of drug-likeness (QED) is 0.632. The van der Waals surface area contributed by atoms with E-state index in [-0.39, 0.29) is 0 Å². The molecule has 76 valence electrons. The van der Waals surface area contributed by atoms with Crippen molar-refractivity contribution in [2.75, 3.05) is 13.1 Å². The van der Waals surface area contributed by atoms with Crippen LogP contribution in [0.4, 0.5) is 0 Å². The van der Waals surface area contributed by atoms with Crippen LogP contribution in [-0.4, -0.2) is 23.1 Å². The van der Waals surface area contributed by atoms with Gasteiger partial charge in [-0.1, -0.05) is 11.6 Å². The number of nitrogens with one attached hydrogen (secondary N) is 1. The van der Waals surface area contributed by atoms with Crippen molar-refractivity contribution in [3.63, 3.8) is 0 Å². The highest BCUT2D eigenvalue weighted by Gasteiger charge is 2.17. The molecule has 1 aromatic rings.